The van der Waals surface area contributed by atoms with Crippen molar-refractivity contribution in [2.24, 2.45) is 0 Å². The highest BCUT2D eigenvalue weighted by Crippen LogP contribution is 2.26. The smallest absolute Gasteiger partial charge is 0.251 e. The molecule has 1 N–H and O–H groups in total. The summed E-state index contributed by atoms with van der Waals surface area (Å²) in [5.41, 5.74) is 2.70. The predicted molar refractivity (Wildman–Crippen MR) is 106 cm³/mol. The average molecular weight is 370 g/mol. The number of rotatable bonds is 4. The topological polar surface area (TPSA) is 66.5 Å². The van der Waals surface area contributed by atoms with Crippen molar-refractivity contribution in [3.63, 3.8) is 0 Å². The Balaban J connectivity index is 1.76. The Morgan fingerprint density at radius 3 is 2.58 bits per heavy atom. The van der Waals surface area contributed by atoms with E-state index < -0.39 is 10.0 Å². The van der Waals surface area contributed by atoms with Crippen LogP contribution in [0.4, 0.5) is 11.4 Å². The van der Waals surface area contributed by atoms with Crippen molar-refractivity contribution in [1.82, 2.24) is 0 Å². The number of hydrogen-bond acceptors (Lipinski definition) is 3. The molecule has 1 amide bonds. The van der Waals surface area contributed by atoms with Crippen LogP contribution in [0.3, 0.4) is 0 Å². The van der Waals surface area contributed by atoms with Crippen LogP contribution in [0, 0.1) is 0 Å². The number of nitrogens with zero attached hydrogens (tertiary/aromatic N) is 1. The van der Waals surface area contributed by atoms with Gasteiger partial charge in [-0.15, -0.1) is 0 Å². The lowest BCUT2D eigenvalue weighted by molar-refractivity contribution is -0.112. The van der Waals surface area contributed by atoms with Crippen LogP contribution in [-0.4, -0.2) is 26.6 Å². The first-order valence-corrected chi connectivity index (χ1v) is 10.2. The minimum atomic E-state index is -3.27. The van der Waals surface area contributed by atoms with Crippen molar-refractivity contribution < 1.29 is 13.2 Å². The molecule has 136 valence electrons. The third kappa shape index (κ3) is 4.32. The normalized spacial score (nSPS) is 17.0. The van der Waals surface area contributed by atoms with Crippen LogP contribution in [0.25, 0.3) is 6.08 Å². The summed E-state index contributed by atoms with van der Waals surface area (Å²) in [6.45, 7) is 2.23. The van der Waals surface area contributed by atoms with Crippen LogP contribution >= 0.6 is 0 Å². The summed E-state index contributed by atoms with van der Waals surface area (Å²) in [5.74, 6) is -0.0461. The second-order valence-electron chi connectivity index (χ2n) is 6.34. The van der Waals surface area contributed by atoms with E-state index in [9.17, 15) is 13.2 Å². The van der Waals surface area contributed by atoms with Crippen molar-refractivity contribution in [3.8, 4) is 0 Å². The molecule has 0 spiro atoms. The van der Waals surface area contributed by atoms with Gasteiger partial charge in [-0.2, -0.15) is 0 Å². The summed E-state index contributed by atoms with van der Waals surface area (Å²) in [6, 6.07) is 16.6. The molecule has 5 nitrogen and oxygen atoms in total. The van der Waals surface area contributed by atoms with Crippen LogP contribution in [0.1, 0.15) is 25.3 Å². The summed E-state index contributed by atoms with van der Waals surface area (Å²) in [6.07, 6.45) is 3.35. The third-order valence-corrected chi connectivity index (χ3v) is 6.15. The van der Waals surface area contributed by atoms with Crippen LogP contribution in [0.15, 0.2) is 60.2 Å². The van der Waals surface area contributed by atoms with E-state index in [4.69, 9.17) is 0 Å². The quantitative estimate of drug-likeness (QED) is 0.835. The fourth-order valence-corrected chi connectivity index (χ4v) is 4.54. The highest BCUT2D eigenvalue weighted by Gasteiger charge is 2.26. The first kappa shape index (κ1) is 18.2. The lowest BCUT2D eigenvalue weighted by atomic mass is 10.1. The molecular weight excluding hydrogens is 348 g/mol. The van der Waals surface area contributed by atoms with Crippen LogP contribution in [0.2, 0.25) is 0 Å². The average Bonchev–Trinajstić information content (AvgIpc) is 2.62. The molecule has 0 aromatic heterocycles. The van der Waals surface area contributed by atoms with Crippen molar-refractivity contribution >= 4 is 33.4 Å². The maximum absolute atomic E-state index is 12.4. The molecule has 1 heterocycles. The molecule has 0 radical (unpaired) electrons. The van der Waals surface area contributed by atoms with Crippen molar-refractivity contribution in [2.75, 3.05) is 21.9 Å². The van der Waals surface area contributed by atoms with Gasteiger partial charge < -0.3 is 5.32 Å². The number of carbonyl (C=O) groups is 1. The van der Waals surface area contributed by atoms with E-state index in [-0.39, 0.29) is 11.7 Å². The highest BCUT2D eigenvalue weighted by atomic mass is 32.2. The number of benzene rings is 2. The molecule has 0 saturated carbocycles. The lowest BCUT2D eigenvalue weighted by Gasteiger charge is -2.28. The molecule has 0 unspecified atom stereocenters. The van der Waals surface area contributed by atoms with E-state index in [1.807, 2.05) is 36.4 Å². The van der Waals surface area contributed by atoms with E-state index in [2.05, 4.69) is 5.32 Å². The second kappa shape index (κ2) is 7.74. The van der Waals surface area contributed by atoms with E-state index in [1.54, 1.807) is 31.2 Å². The summed E-state index contributed by atoms with van der Waals surface area (Å²) >= 11 is 0. The number of nitrogens with one attached hydrogen (secondary N) is 1. The largest absolute Gasteiger partial charge is 0.322 e. The molecule has 1 saturated heterocycles. The standard InChI is InChI=1S/C20H22N2O3S/c1-16(14-17-8-3-2-4-9-17)20(23)21-18-10-7-11-19(15-18)22-12-5-6-13-26(22,24)25/h2-4,7-11,14-15H,5-6,12-13H2,1H3,(H,21,23)/b16-14+. The first-order chi connectivity index (χ1) is 12.5. The van der Waals surface area contributed by atoms with E-state index in [1.165, 1.54) is 4.31 Å². The predicted octanol–water partition coefficient (Wildman–Crippen LogP) is 3.66. The van der Waals surface area contributed by atoms with Gasteiger partial charge in [-0.3, -0.25) is 9.10 Å². The van der Waals surface area contributed by atoms with Gasteiger partial charge in [0.25, 0.3) is 5.91 Å². The van der Waals surface area contributed by atoms with E-state index >= 15 is 0 Å². The van der Waals surface area contributed by atoms with Gasteiger partial charge in [0.2, 0.25) is 10.0 Å². The molecule has 0 aliphatic carbocycles. The zero-order chi connectivity index (χ0) is 18.6. The molecular formula is C20H22N2O3S. The molecule has 2 aromatic rings. The summed E-state index contributed by atoms with van der Waals surface area (Å²) in [7, 11) is -3.27. The van der Waals surface area contributed by atoms with Gasteiger partial charge >= 0.3 is 0 Å². The molecule has 1 aliphatic heterocycles. The molecule has 1 aliphatic rings. The fraction of sp³-hybridized carbons (Fsp3) is 0.250. The Morgan fingerprint density at radius 1 is 1.08 bits per heavy atom. The number of sulfonamides is 1. The van der Waals surface area contributed by atoms with Gasteiger partial charge in [-0.1, -0.05) is 36.4 Å². The molecule has 6 heteroatoms. The number of anilines is 2. The number of amides is 1. The van der Waals surface area contributed by atoms with Gasteiger partial charge in [0.05, 0.1) is 11.4 Å². The molecule has 1 fully saturated rings. The first-order valence-electron chi connectivity index (χ1n) is 8.61. The van der Waals surface area contributed by atoms with E-state index in [0.29, 0.717) is 29.9 Å². The Labute approximate surface area is 154 Å². The van der Waals surface area contributed by atoms with Gasteiger partial charge in [-0.05, 0) is 49.6 Å². The Kier molecular flexibility index (Phi) is 5.42. The van der Waals surface area contributed by atoms with Crippen LogP contribution < -0.4 is 9.62 Å². The summed E-state index contributed by atoms with van der Waals surface area (Å²) in [4.78, 5) is 12.4. The maximum atomic E-state index is 12.4. The van der Waals surface area contributed by atoms with E-state index in [0.717, 1.165) is 12.0 Å². The Hall–Kier alpha value is -2.60. The Bertz CT molecular complexity index is 921. The third-order valence-electron chi connectivity index (χ3n) is 4.28. The minimum Gasteiger partial charge on any atom is -0.322 e. The number of carbonyl (C=O) groups excluding carboxylic acids is 1. The summed E-state index contributed by atoms with van der Waals surface area (Å²) in [5, 5.41) is 2.84. The van der Waals surface area contributed by atoms with Gasteiger partial charge in [0, 0.05) is 17.8 Å². The Morgan fingerprint density at radius 2 is 1.85 bits per heavy atom. The molecule has 3 rings (SSSR count). The van der Waals surface area contributed by atoms with Crippen LogP contribution in [0.5, 0.6) is 0 Å². The van der Waals surface area contributed by atoms with Gasteiger partial charge in [0.15, 0.2) is 0 Å². The monoisotopic (exact) mass is 370 g/mol. The van der Waals surface area contributed by atoms with Crippen molar-refractivity contribution in [1.29, 1.82) is 0 Å². The van der Waals surface area contributed by atoms with Crippen molar-refractivity contribution in [2.45, 2.75) is 19.8 Å². The summed E-state index contributed by atoms with van der Waals surface area (Å²) < 4.78 is 25.9. The van der Waals surface area contributed by atoms with Crippen LogP contribution in [-0.2, 0) is 14.8 Å². The zero-order valence-corrected chi connectivity index (χ0v) is 15.5. The van der Waals surface area contributed by atoms with Gasteiger partial charge in [0.1, 0.15) is 0 Å². The lowest BCUT2D eigenvalue weighted by Crippen LogP contribution is -2.37. The molecule has 0 atom stereocenters. The maximum Gasteiger partial charge on any atom is 0.251 e. The second-order valence-corrected chi connectivity index (χ2v) is 8.35. The zero-order valence-electron chi connectivity index (χ0n) is 14.7. The number of hydrogen-bond donors (Lipinski definition) is 1. The van der Waals surface area contributed by atoms with Crippen molar-refractivity contribution in [3.05, 3.63) is 65.7 Å². The minimum absolute atomic E-state index is 0.169. The fourth-order valence-electron chi connectivity index (χ4n) is 2.91. The molecule has 0 bridgehead atoms. The highest BCUT2D eigenvalue weighted by molar-refractivity contribution is 7.92. The molecule has 2 aromatic carbocycles. The SMILES string of the molecule is C/C(=C\c1ccccc1)C(=O)Nc1cccc(N2CCCCS2(=O)=O)c1. The van der Waals surface area contributed by atoms with Gasteiger partial charge in [-0.25, -0.2) is 8.42 Å². The molecule has 26 heavy (non-hydrogen) atoms.